The van der Waals surface area contributed by atoms with E-state index >= 15 is 0 Å². The number of carbonyl (C=O) groups is 1. The zero-order valence-corrected chi connectivity index (χ0v) is 11.4. The molecule has 3 N–H and O–H groups in total. The fraction of sp³-hybridized carbons (Fsp3) is 0.533. The summed E-state index contributed by atoms with van der Waals surface area (Å²) in [5.41, 5.74) is 7.38. The van der Waals surface area contributed by atoms with Crippen molar-refractivity contribution in [3.8, 4) is 0 Å². The molecule has 3 heteroatoms. The van der Waals surface area contributed by atoms with Crippen LogP contribution in [0.25, 0.3) is 0 Å². The van der Waals surface area contributed by atoms with E-state index < -0.39 is 5.54 Å². The largest absolute Gasteiger partial charge is 0.371 e. The molecule has 0 aromatic heterocycles. The van der Waals surface area contributed by atoms with E-state index in [0.717, 1.165) is 24.9 Å². The Labute approximate surface area is 109 Å². The van der Waals surface area contributed by atoms with Gasteiger partial charge in [0.2, 0.25) is 5.91 Å². The fourth-order valence-electron chi connectivity index (χ4n) is 2.92. The number of primary amides is 1. The van der Waals surface area contributed by atoms with Gasteiger partial charge in [0.1, 0.15) is 5.54 Å². The maximum Gasteiger partial charge on any atom is 0.243 e. The van der Waals surface area contributed by atoms with Crippen molar-refractivity contribution in [2.45, 2.75) is 45.6 Å². The average molecular weight is 246 g/mol. The lowest BCUT2D eigenvalue weighted by molar-refractivity contribution is -0.122. The van der Waals surface area contributed by atoms with E-state index in [4.69, 9.17) is 5.73 Å². The maximum absolute atomic E-state index is 11.9. The quantitative estimate of drug-likeness (QED) is 0.861. The molecule has 1 aromatic carbocycles. The van der Waals surface area contributed by atoms with Gasteiger partial charge in [-0.15, -0.1) is 0 Å². The molecular formula is C15H22N2O. The summed E-state index contributed by atoms with van der Waals surface area (Å²) in [5, 5.41) is 3.38. The summed E-state index contributed by atoms with van der Waals surface area (Å²) in [6, 6.07) is 8.08. The smallest absolute Gasteiger partial charge is 0.243 e. The first kappa shape index (κ1) is 12.9. The van der Waals surface area contributed by atoms with Crippen LogP contribution in [0.5, 0.6) is 0 Å². The first-order valence-electron chi connectivity index (χ1n) is 6.48. The minimum Gasteiger partial charge on any atom is -0.371 e. The van der Waals surface area contributed by atoms with E-state index in [0.29, 0.717) is 0 Å². The third kappa shape index (κ3) is 2.50. The van der Waals surface area contributed by atoms with Crippen molar-refractivity contribution >= 4 is 11.6 Å². The normalized spacial score (nSPS) is 25.9. The Morgan fingerprint density at radius 1 is 1.33 bits per heavy atom. The van der Waals surface area contributed by atoms with Gasteiger partial charge < -0.3 is 11.1 Å². The van der Waals surface area contributed by atoms with Crippen LogP contribution in [0.1, 0.15) is 38.7 Å². The van der Waals surface area contributed by atoms with E-state index in [1.807, 2.05) is 25.1 Å². The molecule has 1 fully saturated rings. The van der Waals surface area contributed by atoms with Crippen LogP contribution in [0.2, 0.25) is 0 Å². The number of benzene rings is 1. The first-order chi connectivity index (χ1) is 8.33. The molecule has 0 saturated heterocycles. The van der Waals surface area contributed by atoms with Crippen molar-refractivity contribution in [2.75, 3.05) is 5.32 Å². The van der Waals surface area contributed by atoms with Crippen LogP contribution in [0.4, 0.5) is 5.69 Å². The van der Waals surface area contributed by atoms with E-state index in [1.54, 1.807) is 0 Å². The van der Waals surface area contributed by atoms with E-state index in [9.17, 15) is 4.79 Å². The van der Waals surface area contributed by atoms with Gasteiger partial charge in [0.25, 0.3) is 0 Å². The van der Waals surface area contributed by atoms with Crippen LogP contribution in [0.15, 0.2) is 24.3 Å². The molecule has 1 aromatic rings. The molecule has 1 amide bonds. The van der Waals surface area contributed by atoms with E-state index in [1.165, 1.54) is 5.56 Å². The molecule has 1 unspecified atom stereocenters. The van der Waals surface area contributed by atoms with Crippen LogP contribution in [-0.2, 0) is 4.79 Å². The summed E-state index contributed by atoms with van der Waals surface area (Å²) in [7, 11) is 0. The number of hydrogen-bond acceptors (Lipinski definition) is 2. The van der Waals surface area contributed by atoms with Crippen LogP contribution in [0, 0.1) is 12.3 Å². The van der Waals surface area contributed by atoms with Gasteiger partial charge in [0, 0.05) is 5.69 Å². The summed E-state index contributed by atoms with van der Waals surface area (Å²) in [6.45, 7) is 6.42. The Morgan fingerprint density at radius 2 is 2.06 bits per heavy atom. The molecule has 0 aliphatic heterocycles. The molecule has 1 atom stereocenters. The Bertz CT molecular complexity index is 467. The van der Waals surface area contributed by atoms with Crippen molar-refractivity contribution < 1.29 is 4.79 Å². The summed E-state index contributed by atoms with van der Waals surface area (Å²) >= 11 is 0. The highest BCUT2D eigenvalue weighted by Gasteiger charge is 2.47. The van der Waals surface area contributed by atoms with Crippen molar-refractivity contribution in [1.29, 1.82) is 0 Å². The second-order valence-corrected chi connectivity index (χ2v) is 6.28. The maximum atomic E-state index is 11.9. The second kappa shape index (κ2) is 4.30. The molecule has 3 nitrogen and oxygen atoms in total. The number of nitrogens with one attached hydrogen (secondary N) is 1. The number of anilines is 1. The Balaban J connectivity index is 2.26. The van der Waals surface area contributed by atoms with Gasteiger partial charge in [0.15, 0.2) is 0 Å². The monoisotopic (exact) mass is 246 g/mol. The molecular weight excluding hydrogens is 224 g/mol. The topological polar surface area (TPSA) is 55.1 Å². The zero-order chi connectivity index (χ0) is 13.4. The molecule has 1 aliphatic rings. The number of nitrogens with two attached hydrogens (primary N) is 1. The van der Waals surface area contributed by atoms with Crippen LogP contribution in [-0.4, -0.2) is 11.4 Å². The standard InChI is InChI=1S/C15H22N2O/c1-11-5-4-6-12(9-11)17-15(13(16)18)8-7-14(2,3)10-15/h4-6,9,17H,7-8,10H2,1-3H3,(H2,16,18). The molecule has 98 valence electrons. The highest BCUT2D eigenvalue weighted by atomic mass is 16.1. The molecule has 1 saturated carbocycles. The van der Waals surface area contributed by atoms with Gasteiger partial charge in [-0.2, -0.15) is 0 Å². The third-order valence-electron chi connectivity index (χ3n) is 3.88. The second-order valence-electron chi connectivity index (χ2n) is 6.28. The summed E-state index contributed by atoms with van der Waals surface area (Å²) in [6.07, 6.45) is 2.63. The van der Waals surface area contributed by atoms with Gasteiger partial charge >= 0.3 is 0 Å². The Morgan fingerprint density at radius 3 is 2.56 bits per heavy atom. The molecule has 18 heavy (non-hydrogen) atoms. The van der Waals surface area contributed by atoms with Crippen molar-refractivity contribution in [3.63, 3.8) is 0 Å². The predicted molar refractivity (Wildman–Crippen MR) is 74.4 cm³/mol. The van der Waals surface area contributed by atoms with Crippen LogP contribution >= 0.6 is 0 Å². The number of amides is 1. The molecule has 0 radical (unpaired) electrons. The van der Waals surface area contributed by atoms with Gasteiger partial charge in [-0.3, -0.25) is 4.79 Å². The minimum atomic E-state index is -0.586. The van der Waals surface area contributed by atoms with E-state index in [-0.39, 0.29) is 11.3 Å². The molecule has 0 heterocycles. The molecule has 0 spiro atoms. The number of rotatable bonds is 3. The summed E-state index contributed by atoms with van der Waals surface area (Å²) in [4.78, 5) is 11.9. The highest BCUT2D eigenvalue weighted by Crippen LogP contribution is 2.45. The lowest BCUT2D eigenvalue weighted by Crippen LogP contribution is -2.49. The van der Waals surface area contributed by atoms with Gasteiger partial charge in [-0.05, 0) is 49.3 Å². The van der Waals surface area contributed by atoms with E-state index in [2.05, 4.69) is 25.2 Å². The summed E-state index contributed by atoms with van der Waals surface area (Å²) in [5.74, 6) is -0.241. The third-order valence-corrected chi connectivity index (χ3v) is 3.88. The molecule has 2 rings (SSSR count). The van der Waals surface area contributed by atoms with Crippen LogP contribution in [0.3, 0.4) is 0 Å². The summed E-state index contributed by atoms with van der Waals surface area (Å²) < 4.78 is 0. The number of carbonyl (C=O) groups excluding carboxylic acids is 1. The number of hydrogen-bond donors (Lipinski definition) is 2. The Hall–Kier alpha value is -1.51. The van der Waals surface area contributed by atoms with Crippen molar-refractivity contribution in [2.24, 2.45) is 11.1 Å². The lowest BCUT2D eigenvalue weighted by Gasteiger charge is -2.30. The minimum absolute atomic E-state index is 0.172. The molecule has 0 bridgehead atoms. The lowest BCUT2D eigenvalue weighted by atomic mass is 9.87. The van der Waals surface area contributed by atoms with Gasteiger partial charge in [-0.25, -0.2) is 0 Å². The predicted octanol–water partition coefficient (Wildman–Crippen LogP) is 2.84. The highest BCUT2D eigenvalue weighted by molar-refractivity contribution is 5.88. The van der Waals surface area contributed by atoms with Gasteiger partial charge in [-0.1, -0.05) is 26.0 Å². The SMILES string of the molecule is Cc1cccc(NC2(C(N)=O)CCC(C)(C)C2)c1. The van der Waals surface area contributed by atoms with Crippen LogP contribution < -0.4 is 11.1 Å². The number of aryl methyl sites for hydroxylation is 1. The fourth-order valence-corrected chi connectivity index (χ4v) is 2.92. The average Bonchev–Trinajstić information content (AvgIpc) is 2.55. The zero-order valence-electron chi connectivity index (χ0n) is 11.4. The van der Waals surface area contributed by atoms with Crippen molar-refractivity contribution in [1.82, 2.24) is 0 Å². The first-order valence-corrected chi connectivity index (χ1v) is 6.48. The Kier molecular flexibility index (Phi) is 3.09. The van der Waals surface area contributed by atoms with Crippen molar-refractivity contribution in [3.05, 3.63) is 29.8 Å². The van der Waals surface area contributed by atoms with Gasteiger partial charge in [0.05, 0.1) is 0 Å². The molecule has 1 aliphatic carbocycles.